The van der Waals surface area contributed by atoms with Gasteiger partial charge >= 0.3 is 0 Å². The number of carbonyl (C=O) groups excluding carboxylic acids is 1. The molecule has 1 saturated heterocycles. The number of nitrogens with two attached hydrogens (primary N) is 1. The molecule has 0 saturated carbocycles. The Labute approximate surface area is 117 Å². The van der Waals surface area contributed by atoms with Crippen LogP contribution in [-0.2, 0) is 4.74 Å². The molecule has 3 N–H and O–H groups in total. The normalized spacial score (nSPS) is 19.6. The first kappa shape index (κ1) is 13.2. The number of carbonyl (C=O) groups is 1. The van der Waals surface area contributed by atoms with Crippen molar-refractivity contribution in [1.82, 2.24) is 5.32 Å². The Bertz CT molecular complexity index is 512. The minimum absolute atomic E-state index is 0.143. The fraction of sp³-hybridized carbons (Fsp3) is 0.500. The zero-order chi connectivity index (χ0) is 14.0. The summed E-state index contributed by atoms with van der Waals surface area (Å²) in [6, 6.07) is 5.17. The van der Waals surface area contributed by atoms with Crippen molar-refractivity contribution in [3.63, 3.8) is 0 Å². The van der Waals surface area contributed by atoms with Crippen LogP contribution in [0.2, 0.25) is 0 Å². The number of fused-ring (bicyclic) bond motifs is 1. The predicted octanol–water partition coefficient (Wildman–Crippen LogP) is 0.653. The van der Waals surface area contributed by atoms with Crippen LogP contribution in [0.15, 0.2) is 18.2 Å². The summed E-state index contributed by atoms with van der Waals surface area (Å²) in [4.78, 5) is 12.4. The van der Waals surface area contributed by atoms with Crippen molar-refractivity contribution >= 4 is 5.91 Å². The van der Waals surface area contributed by atoms with Crippen LogP contribution >= 0.6 is 0 Å². The second-order valence-corrected chi connectivity index (χ2v) is 5.12. The Hall–Kier alpha value is -1.79. The zero-order valence-corrected chi connectivity index (χ0v) is 11.2. The minimum Gasteiger partial charge on any atom is -0.454 e. The van der Waals surface area contributed by atoms with E-state index in [1.165, 1.54) is 0 Å². The van der Waals surface area contributed by atoms with Gasteiger partial charge in [-0.3, -0.25) is 4.79 Å². The second kappa shape index (κ2) is 5.30. The zero-order valence-electron chi connectivity index (χ0n) is 11.2. The van der Waals surface area contributed by atoms with Crippen LogP contribution < -0.4 is 20.5 Å². The van der Waals surface area contributed by atoms with Gasteiger partial charge in [-0.1, -0.05) is 0 Å². The monoisotopic (exact) mass is 278 g/mol. The summed E-state index contributed by atoms with van der Waals surface area (Å²) in [6.07, 6.45) is 1.47. The number of amides is 1. The van der Waals surface area contributed by atoms with Crippen LogP contribution in [0.3, 0.4) is 0 Å². The summed E-state index contributed by atoms with van der Waals surface area (Å²) in [6.45, 7) is 1.86. The van der Waals surface area contributed by atoms with Crippen molar-refractivity contribution in [2.45, 2.75) is 18.4 Å². The molecule has 108 valence electrons. The molecule has 0 radical (unpaired) electrons. The quantitative estimate of drug-likeness (QED) is 0.848. The van der Waals surface area contributed by atoms with E-state index in [4.69, 9.17) is 19.9 Å². The molecular weight excluding hydrogens is 260 g/mol. The minimum atomic E-state index is -0.369. The summed E-state index contributed by atoms with van der Waals surface area (Å²) >= 11 is 0. The van der Waals surface area contributed by atoms with Crippen molar-refractivity contribution in [1.29, 1.82) is 0 Å². The molecule has 0 unspecified atom stereocenters. The molecule has 0 aromatic heterocycles. The van der Waals surface area contributed by atoms with Gasteiger partial charge in [0, 0.05) is 25.3 Å². The number of benzene rings is 1. The van der Waals surface area contributed by atoms with E-state index >= 15 is 0 Å². The summed E-state index contributed by atoms with van der Waals surface area (Å²) in [7, 11) is 0. The summed E-state index contributed by atoms with van der Waals surface area (Å²) < 4.78 is 15.8. The van der Waals surface area contributed by atoms with Gasteiger partial charge in [0.25, 0.3) is 5.91 Å². The smallest absolute Gasteiger partial charge is 0.251 e. The first-order chi connectivity index (χ1) is 9.72. The SMILES string of the molecule is NCC1(NC(=O)c2ccc3c(c2)OCO3)CCOCC1. The van der Waals surface area contributed by atoms with E-state index in [-0.39, 0.29) is 18.2 Å². The van der Waals surface area contributed by atoms with Crippen molar-refractivity contribution in [3.05, 3.63) is 23.8 Å². The Morgan fingerprint density at radius 1 is 1.25 bits per heavy atom. The second-order valence-electron chi connectivity index (χ2n) is 5.12. The van der Waals surface area contributed by atoms with Gasteiger partial charge in [0.05, 0.1) is 5.54 Å². The molecule has 6 heteroatoms. The maximum atomic E-state index is 12.4. The molecule has 6 nitrogen and oxygen atoms in total. The third kappa shape index (κ3) is 2.44. The summed E-state index contributed by atoms with van der Waals surface area (Å²) in [5.74, 6) is 1.13. The van der Waals surface area contributed by atoms with Gasteiger partial charge in [0.2, 0.25) is 6.79 Å². The van der Waals surface area contributed by atoms with Crippen LogP contribution in [0.4, 0.5) is 0 Å². The first-order valence-corrected chi connectivity index (χ1v) is 6.72. The maximum Gasteiger partial charge on any atom is 0.251 e. The average Bonchev–Trinajstić information content (AvgIpc) is 2.95. The van der Waals surface area contributed by atoms with Gasteiger partial charge in [-0.05, 0) is 31.0 Å². The molecule has 20 heavy (non-hydrogen) atoms. The van der Waals surface area contributed by atoms with E-state index in [9.17, 15) is 4.79 Å². The van der Waals surface area contributed by atoms with E-state index in [2.05, 4.69) is 5.32 Å². The lowest BCUT2D eigenvalue weighted by atomic mass is 9.89. The van der Waals surface area contributed by atoms with E-state index in [1.807, 2.05) is 0 Å². The average molecular weight is 278 g/mol. The number of rotatable bonds is 3. The van der Waals surface area contributed by atoms with E-state index in [1.54, 1.807) is 18.2 Å². The molecule has 2 aliphatic heterocycles. The van der Waals surface area contributed by atoms with Crippen molar-refractivity contribution in [3.8, 4) is 11.5 Å². The number of ether oxygens (including phenoxy) is 3. The van der Waals surface area contributed by atoms with Gasteiger partial charge in [0.1, 0.15) is 0 Å². The lowest BCUT2D eigenvalue weighted by Gasteiger charge is -2.36. The van der Waals surface area contributed by atoms with Gasteiger partial charge in [-0.25, -0.2) is 0 Å². The highest BCUT2D eigenvalue weighted by Gasteiger charge is 2.33. The van der Waals surface area contributed by atoms with Crippen molar-refractivity contribution < 1.29 is 19.0 Å². The standard InChI is InChI=1S/C14H18N2O4/c15-8-14(3-5-18-6-4-14)16-13(17)10-1-2-11-12(7-10)20-9-19-11/h1-2,7H,3-6,8-9,15H2,(H,16,17). The van der Waals surface area contributed by atoms with Crippen LogP contribution in [0.5, 0.6) is 11.5 Å². The van der Waals surface area contributed by atoms with Gasteiger partial charge in [-0.15, -0.1) is 0 Å². The Morgan fingerprint density at radius 3 is 2.75 bits per heavy atom. The molecular formula is C14H18N2O4. The van der Waals surface area contributed by atoms with Crippen molar-refractivity contribution in [2.24, 2.45) is 5.73 Å². The number of nitrogens with one attached hydrogen (secondary N) is 1. The Morgan fingerprint density at radius 2 is 2.00 bits per heavy atom. The molecule has 0 atom stereocenters. The van der Waals surface area contributed by atoms with Crippen LogP contribution in [0, 0.1) is 0 Å². The highest BCUT2D eigenvalue weighted by atomic mass is 16.7. The van der Waals surface area contributed by atoms with Crippen LogP contribution in [0.1, 0.15) is 23.2 Å². The molecule has 1 aromatic carbocycles. The summed E-state index contributed by atoms with van der Waals surface area (Å²) in [5, 5.41) is 3.05. The topological polar surface area (TPSA) is 82.8 Å². The lowest BCUT2D eigenvalue weighted by molar-refractivity contribution is 0.0388. The molecule has 0 spiro atoms. The largest absolute Gasteiger partial charge is 0.454 e. The molecule has 1 fully saturated rings. The first-order valence-electron chi connectivity index (χ1n) is 6.72. The number of hydrogen-bond acceptors (Lipinski definition) is 5. The highest BCUT2D eigenvalue weighted by Crippen LogP contribution is 2.32. The van der Waals surface area contributed by atoms with Gasteiger partial charge in [-0.2, -0.15) is 0 Å². The van der Waals surface area contributed by atoms with E-state index in [0.717, 1.165) is 12.8 Å². The molecule has 3 rings (SSSR count). The molecule has 2 heterocycles. The maximum absolute atomic E-state index is 12.4. The van der Waals surface area contributed by atoms with Crippen molar-refractivity contribution in [2.75, 3.05) is 26.6 Å². The third-order valence-electron chi connectivity index (χ3n) is 3.85. The molecule has 2 aliphatic rings. The fourth-order valence-electron chi connectivity index (χ4n) is 2.49. The lowest BCUT2D eigenvalue weighted by Crippen LogP contribution is -2.56. The molecule has 1 aromatic rings. The Balaban J connectivity index is 1.75. The van der Waals surface area contributed by atoms with Gasteiger partial charge in [0.15, 0.2) is 11.5 Å². The molecule has 0 aliphatic carbocycles. The Kier molecular flexibility index (Phi) is 3.50. The predicted molar refractivity (Wildman–Crippen MR) is 71.9 cm³/mol. The van der Waals surface area contributed by atoms with Gasteiger partial charge < -0.3 is 25.3 Å². The van der Waals surface area contributed by atoms with Crippen LogP contribution in [0.25, 0.3) is 0 Å². The molecule has 1 amide bonds. The number of hydrogen-bond donors (Lipinski definition) is 2. The fourth-order valence-corrected chi connectivity index (χ4v) is 2.49. The van der Waals surface area contributed by atoms with Crippen LogP contribution in [-0.4, -0.2) is 38.0 Å². The summed E-state index contributed by atoms with van der Waals surface area (Å²) in [5.41, 5.74) is 6.02. The third-order valence-corrected chi connectivity index (χ3v) is 3.85. The molecule has 0 bridgehead atoms. The van der Waals surface area contributed by atoms with E-state index in [0.29, 0.717) is 36.8 Å². The highest BCUT2D eigenvalue weighted by molar-refractivity contribution is 5.95. The van der Waals surface area contributed by atoms with E-state index < -0.39 is 0 Å².